The summed E-state index contributed by atoms with van der Waals surface area (Å²) in [7, 11) is -3.87. The number of nitrogens with two attached hydrogens (primary N) is 2. The summed E-state index contributed by atoms with van der Waals surface area (Å²) in [6.07, 6.45) is 1.74. The van der Waals surface area contributed by atoms with E-state index in [0.29, 0.717) is 25.7 Å². The fourth-order valence-electron chi connectivity index (χ4n) is 2.51. The predicted molar refractivity (Wildman–Crippen MR) is 115 cm³/mol. The molecule has 0 saturated carbocycles. The first-order chi connectivity index (χ1) is 13.2. The minimum atomic E-state index is -3.87. The van der Waals surface area contributed by atoms with Crippen LogP contribution < -0.4 is 21.5 Å². The number of benzene rings is 1. The highest BCUT2D eigenvalue weighted by Gasteiger charge is 2.27. The van der Waals surface area contributed by atoms with Crippen molar-refractivity contribution in [3.63, 3.8) is 0 Å². The van der Waals surface area contributed by atoms with Gasteiger partial charge in [-0.25, -0.2) is 8.42 Å². The number of hydrogen-bond donors (Lipinski definition) is 4. The number of nitrogens with zero attached hydrogens (tertiary/aromatic N) is 1. The first-order valence-electron chi connectivity index (χ1n) is 9.04. The van der Waals surface area contributed by atoms with Gasteiger partial charge in [-0.05, 0) is 37.3 Å². The Kier molecular flexibility index (Phi) is 12.1. The van der Waals surface area contributed by atoms with Crippen LogP contribution in [0.3, 0.4) is 0 Å². The quantitative estimate of drug-likeness (QED) is 0.158. The second-order valence-electron chi connectivity index (χ2n) is 6.82. The van der Waals surface area contributed by atoms with E-state index >= 15 is 0 Å². The monoisotopic (exact) mass is 447 g/mol. The van der Waals surface area contributed by atoms with E-state index < -0.39 is 28.0 Å². The molecule has 0 aliphatic carbocycles. The zero-order chi connectivity index (χ0) is 21.2. The third-order valence-corrected chi connectivity index (χ3v) is 5.32. The van der Waals surface area contributed by atoms with Crippen molar-refractivity contribution in [3.05, 3.63) is 30.3 Å². The topological polar surface area (TPSA) is 157 Å². The Morgan fingerprint density at radius 2 is 1.83 bits per heavy atom. The molecule has 164 valence electrons. The maximum atomic E-state index is 12.6. The van der Waals surface area contributed by atoms with E-state index in [-0.39, 0.29) is 35.6 Å². The van der Waals surface area contributed by atoms with Crippen LogP contribution in [-0.2, 0) is 19.6 Å². The van der Waals surface area contributed by atoms with Gasteiger partial charge in [-0.2, -0.15) is 4.72 Å². The predicted octanol–water partition coefficient (Wildman–Crippen LogP) is 0.539. The highest BCUT2D eigenvalue weighted by molar-refractivity contribution is 7.89. The maximum Gasteiger partial charge on any atom is 0.241 e. The number of nitrogens with one attached hydrogen (secondary N) is 2. The molecule has 2 atom stereocenters. The average molecular weight is 448 g/mol. The maximum absolute atomic E-state index is 12.6. The molecule has 0 fully saturated rings. The Balaban J connectivity index is 0.00000784. The fraction of sp³-hybridized carbons (Fsp3) is 0.500. The molecule has 0 aromatic heterocycles. The Bertz CT molecular complexity index is 768. The SMILES string of the molecule is CC(C)C[C@H](NS(=O)(=O)c1ccccc1)C(=O)N[C@H](C=O)CCCN=C(N)N.Cl. The molecule has 6 N–H and O–H groups in total. The summed E-state index contributed by atoms with van der Waals surface area (Å²) in [6.45, 7) is 4.09. The van der Waals surface area contributed by atoms with Gasteiger partial charge in [-0.3, -0.25) is 9.79 Å². The van der Waals surface area contributed by atoms with Crippen molar-refractivity contribution in [2.75, 3.05) is 6.54 Å². The summed E-state index contributed by atoms with van der Waals surface area (Å²) < 4.78 is 27.6. The van der Waals surface area contributed by atoms with Crippen molar-refractivity contribution in [2.45, 2.75) is 50.1 Å². The molecule has 1 aromatic carbocycles. The standard InChI is InChI=1S/C18H29N5O4S.ClH/c1-13(2)11-16(23-28(26,27)15-8-4-3-5-9-15)17(25)22-14(12-24)7-6-10-21-18(19)20;/h3-5,8-9,12-14,16,23H,6-7,10-11H2,1-2H3,(H,22,25)(H4,19,20,21);1H/t14-,16-;/m0./s1. The van der Waals surface area contributed by atoms with Crippen molar-refractivity contribution < 1.29 is 18.0 Å². The van der Waals surface area contributed by atoms with E-state index in [1.54, 1.807) is 18.2 Å². The average Bonchev–Trinajstić information content (AvgIpc) is 2.63. The highest BCUT2D eigenvalue weighted by atomic mass is 35.5. The van der Waals surface area contributed by atoms with E-state index in [2.05, 4.69) is 15.0 Å². The molecule has 0 aliphatic rings. The van der Waals surface area contributed by atoms with Gasteiger partial charge in [0.2, 0.25) is 15.9 Å². The van der Waals surface area contributed by atoms with Gasteiger partial charge in [-0.15, -0.1) is 12.4 Å². The normalized spacial score (nSPS) is 13.1. The molecule has 9 nitrogen and oxygen atoms in total. The summed E-state index contributed by atoms with van der Waals surface area (Å²) in [6, 6.07) is 6.06. The van der Waals surface area contributed by atoms with E-state index in [4.69, 9.17) is 11.5 Å². The number of rotatable bonds is 12. The summed E-state index contributed by atoms with van der Waals surface area (Å²) in [5, 5.41) is 2.59. The van der Waals surface area contributed by atoms with E-state index in [1.165, 1.54) is 12.1 Å². The van der Waals surface area contributed by atoms with Crippen LogP contribution in [0.5, 0.6) is 0 Å². The second-order valence-corrected chi connectivity index (χ2v) is 8.53. The Hall–Kier alpha value is -2.17. The van der Waals surface area contributed by atoms with Crippen LogP contribution in [-0.4, -0.2) is 45.2 Å². The number of amides is 1. The van der Waals surface area contributed by atoms with Gasteiger partial charge >= 0.3 is 0 Å². The number of guanidine groups is 1. The first-order valence-corrected chi connectivity index (χ1v) is 10.5. The minimum absolute atomic E-state index is 0. The number of aliphatic imine (C=N–C) groups is 1. The van der Waals surface area contributed by atoms with Crippen LogP contribution in [0.15, 0.2) is 40.2 Å². The Morgan fingerprint density at radius 3 is 2.34 bits per heavy atom. The number of hydrogen-bond acceptors (Lipinski definition) is 5. The zero-order valence-electron chi connectivity index (χ0n) is 16.6. The molecule has 0 spiro atoms. The summed E-state index contributed by atoms with van der Waals surface area (Å²) in [5.74, 6) is -0.531. The number of aldehydes is 1. The van der Waals surface area contributed by atoms with E-state index in [9.17, 15) is 18.0 Å². The van der Waals surface area contributed by atoms with Crippen molar-refractivity contribution in [2.24, 2.45) is 22.4 Å². The molecule has 11 heteroatoms. The molecule has 0 radical (unpaired) electrons. The zero-order valence-corrected chi connectivity index (χ0v) is 18.2. The summed E-state index contributed by atoms with van der Waals surface area (Å²) in [5.41, 5.74) is 10.5. The molecule has 0 bridgehead atoms. The first kappa shape index (κ1) is 26.8. The van der Waals surface area contributed by atoms with Crippen molar-refractivity contribution in [3.8, 4) is 0 Å². The summed E-state index contributed by atoms with van der Waals surface area (Å²) in [4.78, 5) is 27.8. The van der Waals surface area contributed by atoms with Gasteiger partial charge in [0.25, 0.3) is 0 Å². The molecule has 1 aromatic rings. The molecule has 1 amide bonds. The van der Waals surface area contributed by atoms with Crippen molar-refractivity contribution in [1.29, 1.82) is 0 Å². The highest BCUT2D eigenvalue weighted by Crippen LogP contribution is 2.12. The molecule has 0 unspecified atom stereocenters. The molecule has 0 saturated heterocycles. The molecule has 1 rings (SSSR count). The molecule has 0 heterocycles. The smallest absolute Gasteiger partial charge is 0.241 e. The van der Waals surface area contributed by atoms with Crippen LogP contribution in [0.1, 0.15) is 33.1 Å². The molecular weight excluding hydrogens is 418 g/mol. The van der Waals surface area contributed by atoms with Gasteiger partial charge in [0.1, 0.15) is 12.3 Å². The lowest BCUT2D eigenvalue weighted by atomic mass is 10.0. The number of carbonyl (C=O) groups is 2. The lowest BCUT2D eigenvalue weighted by Crippen LogP contribution is -2.50. The Morgan fingerprint density at radius 1 is 1.21 bits per heavy atom. The molecule has 29 heavy (non-hydrogen) atoms. The number of sulfonamides is 1. The van der Waals surface area contributed by atoms with Gasteiger partial charge in [0.15, 0.2) is 5.96 Å². The van der Waals surface area contributed by atoms with E-state index in [1.807, 2.05) is 13.8 Å². The largest absolute Gasteiger partial charge is 0.370 e. The van der Waals surface area contributed by atoms with Crippen molar-refractivity contribution in [1.82, 2.24) is 10.0 Å². The fourth-order valence-corrected chi connectivity index (χ4v) is 3.74. The number of carbonyl (C=O) groups excluding carboxylic acids is 2. The van der Waals surface area contributed by atoms with E-state index in [0.717, 1.165) is 0 Å². The number of halogens is 1. The van der Waals surface area contributed by atoms with Crippen molar-refractivity contribution >= 4 is 40.6 Å². The van der Waals surface area contributed by atoms with Gasteiger partial charge in [0.05, 0.1) is 10.9 Å². The van der Waals surface area contributed by atoms with Crippen LogP contribution in [0.2, 0.25) is 0 Å². The van der Waals surface area contributed by atoms with Gasteiger partial charge in [0, 0.05) is 6.54 Å². The Labute approximate surface area is 178 Å². The minimum Gasteiger partial charge on any atom is -0.370 e. The third kappa shape index (κ3) is 10.2. The lowest BCUT2D eigenvalue weighted by molar-refractivity contribution is -0.125. The second kappa shape index (κ2) is 13.1. The lowest BCUT2D eigenvalue weighted by Gasteiger charge is -2.22. The van der Waals surface area contributed by atoms with Gasteiger partial charge in [-0.1, -0.05) is 32.0 Å². The molecule has 0 aliphatic heterocycles. The third-order valence-electron chi connectivity index (χ3n) is 3.83. The van der Waals surface area contributed by atoms with Gasteiger partial charge < -0.3 is 21.6 Å². The summed E-state index contributed by atoms with van der Waals surface area (Å²) >= 11 is 0. The van der Waals surface area contributed by atoms with Crippen LogP contribution in [0, 0.1) is 5.92 Å². The van der Waals surface area contributed by atoms with Crippen LogP contribution in [0.25, 0.3) is 0 Å². The molecular formula is C18H30ClN5O4S. The van der Waals surface area contributed by atoms with Crippen LogP contribution in [0.4, 0.5) is 0 Å². The van der Waals surface area contributed by atoms with Crippen LogP contribution >= 0.6 is 12.4 Å².